The predicted octanol–water partition coefficient (Wildman–Crippen LogP) is 2.03. The van der Waals surface area contributed by atoms with Gasteiger partial charge in [0.2, 0.25) is 0 Å². The number of hydrogen-bond acceptors (Lipinski definition) is 4. The van der Waals surface area contributed by atoms with Crippen molar-refractivity contribution in [1.82, 2.24) is 0 Å². The molecule has 0 N–H and O–H groups in total. The zero-order valence-electron chi connectivity index (χ0n) is 9.32. The Hall–Kier alpha value is 0.0395. The summed E-state index contributed by atoms with van der Waals surface area (Å²) in [7, 11) is 2.87. The molecule has 0 aromatic rings. The van der Waals surface area contributed by atoms with Gasteiger partial charge in [0.05, 0.1) is 0 Å². The second kappa shape index (κ2) is 6.51. The van der Waals surface area contributed by atoms with Crippen molar-refractivity contribution in [2.45, 2.75) is 44.0 Å². The van der Waals surface area contributed by atoms with Gasteiger partial charge in [-0.3, -0.25) is 0 Å². The van der Waals surface area contributed by atoms with E-state index in [0.717, 1.165) is 12.8 Å². The van der Waals surface area contributed by atoms with Gasteiger partial charge >= 0.3 is 87.5 Å². The Morgan fingerprint density at radius 3 is 2.14 bits per heavy atom. The van der Waals surface area contributed by atoms with Crippen LogP contribution >= 0.6 is 0 Å². The predicted molar refractivity (Wildman–Crippen MR) is 53.9 cm³/mol. The molecule has 14 heavy (non-hydrogen) atoms. The molecule has 0 saturated carbocycles. The van der Waals surface area contributed by atoms with E-state index < -0.39 is 13.0 Å². The Kier molecular flexibility index (Phi) is 6.53. The van der Waals surface area contributed by atoms with Crippen LogP contribution in [-0.4, -0.2) is 33.4 Å². The molecule has 0 aliphatic heterocycles. The first-order valence-electron chi connectivity index (χ1n) is 4.80. The van der Waals surface area contributed by atoms with Crippen molar-refractivity contribution in [2.75, 3.05) is 14.2 Å². The first-order valence-corrected chi connectivity index (χ1v) is 7.88. The van der Waals surface area contributed by atoms with Crippen molar-refractivity contribution in [3.8, 4) is 0 Å². The maximum absolute atomic E-state index is 11.3. The molecule has 0 aliphatic carbocycles. The van der Waals surface area contributed by atoms with Crippen LogP contribution in [0.3, 0.4) is 0 Å². The fourth-order valence-corrected chi connectivity index (χ4v) is 2.80. The minimum absolute atomic E-state index is 0.155. The van der Waals surface area contributed by atoms with Crippen LogP contribution < -0.4 is 0 Å². The summed E-state index contributed by atoms with van der Waals surface area (Å²) in [5, 5.41) is 0. The molecule has 0 rings (SSSR count). The van der Waals surface area contributed by atoms with Gasteiger partial charge in [-0.2, -0.15) is 0 Å². The van der Waals surface area contributed by atoms with Crippen LogP contribution in [0.25, 0.3) is 0 Å². The number of rotatable bonds is 7. The van der Waals surface area contributed by atoms with Crippen LogP contribution in [0.5, 0.6) is 0 Å². The maximum atomic E-state index is 11.3. The average molecular weight is 271 g/mol. The quantitative estimate of drug-likeness (QED) is 0.665. The van der Waals surface area contributed by atoms with E-state index in [2.05, 4.69) is 3.82 Å². The average Bonchev–Trinajstić information content (AvgIpc) is 2.19. The summed E-state index contributed by atoms with van der Waals surface area (Å²) >= 11 is -4.10. The van der Waals surface area contributed by atoms with Gasteiger partial charge in [-0.15, -0.1) is 0 Å². The Balaban J connectivity index is 4.02. The van der Waals surface area contributed by atoms with E-state index >= 15 is 0 Å². The molecule has 0 aliphatic rings. The van der Waals surface area contributed by atoms with Gasteiger partial charge in [-0.25, -0.2) is 0 Å². The molecule has 86 valence electrons. The van der Waals surface area contributed by atoms with E-state index in [-0.39, 0.29) is 10.9 Å². The first-order chi connectivity index (χ1) is 6.47. The Morgan fingerprint density at radius 1 is 1.21 bits per heavy atom. The van der Waals surface area contributed by atoms with Crippen LogP contribution in [0.15, 0.2) is 0 Å². The van der Waals surface area contributed by atoms with Crippen LogP contribution in [0, 0.1) is 0 Å². The van der Waals surface area contributed by atoms with Gasteiger partial charge < -0.3 is 0 Å². The van der Waals surface area contributed by atoms with Crippen LogP contribution in [-0.2, 0) is 16.2 Å². The Bertz CT molecular complexity index is 231. The van der Waals surface area contributed by atoms with E-state index in [4.69, 9.17) is 4.74 Å². The summed E-state index contributed by atoms with van der Waals surface area (Å²) in [6.07, 6.45) is 2.43. The summed E-state index contributed by atoms with van der Waals surface area (Å²) in [6.45, 7) is 3.71. The third-order valence-electron chi connectivity index (χ3n) is 2.41. The summed E-state index contributed by atoms with van der Waals surface area (Å²) in [5.41, 5.74) is 0. The van der Waals surface area contributed by atoms with E-state index in [9.17, 15) is 7.67 Å². The zero-order valence-corrected chi connectivity index (χ0v) is 11.0. The van der Waals surface area contributed by atoms with Crippen molar-refractivity contribution in [2.24, 2.45) is 0 Å². The summed E-state index contributed by atoms with van der Waals surface area (Å²) in [6, 6.07) is 0. The molecule has 0 amide bonds. The molecule has 0 fully saturated rings. The van der Waals surface area contributed by atoms with Gasteiger partial charge in [0, 0.05) is 0 Å². The number of ether oxygens (including phenoxy) is 1. The molecule has 4 nitrogen and oxygen atoms in total. The van der Waals surface area contributed by atoms with E-state index in [0.29, 0.717) is 6.42 Å². The fraction of sp³-hybridized carbons (Fsp3) is 1.00. The third-order valence-corrected chi connectivity index (χ3v) is 5.95. The van der Waals surface area contributed by atoms with Gasteiger partial charge in [-0.1, -0.05) is 0 Å². The van der Waals surface area contributed by atoms with Gasteiger partial charge in [0.25, 0.3) is 0 Å². The van der Waals surface area contributed by atoms with Gasteiger partial charge in [-0.05, 0) is 0 Å². The minimum atomic E-state index is -4.10. The SMILES string of the molecule is CC[C@H](CCC(C)[Se](=O)(=O)OC)OC. The summed E-state index contributed by atoms with van der Waals surface area (Å²) in [5.74, 6) is 0. The van der Waals surface area contributed by atoms with Crippen molar-refractivity contribution < 1.29 is 16.2 Å². The van der Waals surface area contributed by atoms with E-state index in [1.807, 2.05) is 6.92 Å². The normalized spacial score (nSPS) is 16.6. The monoisotopic (exact) mass is 272 g/mol. The molecule has 2 atom stereocenters. The molecule has 1 unspecified atom stereocenters. The molecular weight excluding hydrogens is 251 g/mol. The molecule has 0 spiro atoms. The fourth-order valence-electron chi connectivity index (χ4n) is 1.22. The van der Waals surface area contributed by atoms with Gasteiger partial charge in [0.1, 0.15) is 0 Å². The molecule has 0 aromatic heterocycles. The first kappa shape index (κ1) is 14.0. The van der Waals surface area contributed by atoms with Crippen molar-refractivity contribution in [1.29, 1.82) is 0 Å². The van der Waals surface area contributed by atoms with Crippen molar-refractivity contribution in [3.63, 3.8) is 0 Å². The molecular formula is C9H20O4Se. The van der Waals surface area contributed by atoms with E-state index in [1.165, 1.54) is 7.11 Å². The Morgan fingerprint density at radius 2 is 1.79 bits per heavy atom. The molecule has 0 saturated heterocycles. The van der Waals surface area contributed by atoms with E-state index in [1.54, 1.807) is 14.0 Å². The van der Waals surface area contributed by atoms with Crippen molar-refractivity contribution >= 4 is 13.0 Å². The topological polar surface area (TPSA) is 52.6 Å². The number of hydrogen-bond donors (Lipinski definition) is 0. The van der Waals surface area contributed by atoms with Crippen LogP contribution in [0.2, 0.25) is 4.82 Å². The zero-order chi connectivity index (χ0) is 11.2. The Labute approximate surface area is 87.9 Å². The summed E-state index contributed by atoms with van der Waals surface area (Å²) in [4.78, 5) is -0.388. The molecule has 5 heteroatoms. The van der Waals surface area contributed by atoms with Crippen molar-refractivity contribution in [3.05, 3.63) is 0 Å². The van der Waals surface area contributed by atoms with Crippen LogP contribution in [0.1, 0.15) is 33.1 Å². The molecule has 0 radical (unpaired) electrons. The molecule has 0 bridgehead atoms. The standard InChI is InChI=1S/C9H20O4Se/c1-5-9(12-3)7-6-8(2)14(10,11)13-4/h8-9H,5-7H2,1-4H3/t8?,9-/m1/s1. The third kappa shape index (κ3) is 4.51. The van der Waals surface area contributed by atoms with Gasteiger partial charge in [0.15, 0.2) is 0 Å². The molecule has 0 aromatic carbocycles. The number of methoxy groups -OCH3 is 1. The second-order valence-corrected chi connectivity index (χ2v) is 7.77. The summed E-state index contributed by atoms with van der Waals surface area (Å²) < 4.78 is 32.3. The second-order valence-electron chi connectivity index (χ2n) is 3.31. The molecule has 0 heterocycles. The van der Waals surface area contributed by atoms with Crippen LogP contribution in [0.4, 0.5) is 0 Å².